The number of ether oxygens (including phenoxy) is 2. The second-order valence-corrected chi connectivity index (χ2v) is 6.78. The Kier molecular flexibility index (Phi) is 6.19. The number of carbonyl (C=O) groups is 1. The Bertz CT molecular complexity index is 823. The number of amides is 1. The van der Waals surface area contributed by atoms with Gasteiger partial charge in [0.1, 0.15) is 17.3 Å². The standard InChI is InChI=1S/C20H22ClFN2O3/c1-26-16-5-6-17(19(12-16)27-2)20(25)24-9-7-23(8-10-24)13-14-3-4-15(22)11-18(14)21/h3-6,11-12H,7-10,13H2,1-2H3. The van der Waals surface area contributed by atoms with Gasteiger partial charge in [0.25, 0.3) is 5.91 Å². The SMILES string of the molecule is COc1ccc(C(=O)N2CCN(Cc3ccc(F)cc3Cl)CC2)c(OC)c1. The highest BCUT2D eigenvalue weighted by atomic mass is 35.5. The van der Waals surface area contributed by atoms with Crippen molar-refractivity contribution in [1.29, 1.82) is 0 Å². The molecule has 0 aromatic heterocycles. The smallest absolute Gasteiger partial charge is 0.257 e. The summed E-state index contributed by atoms with van der Waals surface area (Å²) in [5.74, 6) is 0.742. The van der Waals surface area contributed by atoms with Crippen LogP contribution in [0.3, 0.4) is 0 Å². The third-order valence-electron chi connectivity index (χ3n) is 4.71. The van der Waals surface area contributed by atoms with Crippen molar-refractivity contribution in [3.05, 3.63) is 58.4 Å². The van der Waals surface area contributed by atoms with E-state index >= 15 is 0 Å². The van der Waals surface area contributed by atoms with Crippen molar-refractivity contribution in [2.75, 3.05) is 40.4 Å². The van der Waals surface area contributed by atoms with Crippen LogP contribution in [0.4, 0.5) is 4.39 Å². The first-order chi connectivity index (χ1) is 13.0. The summed E-state index contributed by atoms with van der Waals surface area (Å²) in [7, 11) is 3.11. The zero-order valence-corrected chi connectivity index (χ0v) is 16.1. The van der Waals surface area contributed by atoms with Crippen LogP contribution in [0.2, 0.25) is 5.02 Å². The van der Waals surface area contributed by atoms with Crippen LogP contribution in [0.25, 0.3) is 0 Å². The summed E-state index contributed by atoms with van der Waals surface area (Å²) in [4.78, 5) is 16.9. The van der Waals surface area contributed by atoms with Crippen molar-refractivity contribution >= 4 is 17.5 Å². The van der Waals surface area contributed by atoms with E-state index in [0.717, 1.165) is 18.7 Å². The molecule has 0 saturated carbocycles. The first kappa shape index (κ1) is 19.5. The number of carbonyl (C=O) groups excluding carboxylic acids is 1. The Labute approximate surface area is 163 Å². The van der Waals surface area contributed by atoms with E-state index in [4.69, 9.17) is 21.1 Å². The van der Waals surface area contributed by atoms with Crippen molar-refractivity contribution in [3.8, 4) is 11.5 Å². The van der Waals surface area contributed by atoms with Crippen LogP contribution in [0.5, 0.6) is 11.5 Å². The van der Waals surface area contributed by atoms with Gasteiger partial charge >= 0.3 is 0 Å². The molecule has 0 bridgehead atoms. The molecular formula is C20H22ClFN2O3. The van der Waals surface area contributed by atoms with Gasteiger partial charge < -0.3 is 14.4 Å². The van der Waals surface area contributed by atoms with Crippen molar-refractivity contribution in [2.24, 2.45) is 0 Å². The average Bonchev–Trinajstić information content (AvgIpc) is 2.69. The highest BCUT2D eigenvalue weighted by Crippen LogP contribution is 2.26. The number of halogens is 2. The van der Waals surface area contributed by atoms with Gasteiger partial charge in [-0.25, -0.2) is 4.39 Å². The molecule has 0 atom stereocenters. The van der Waals surface area contributed by atoms with Crippen LogP contribution in [0.15, 0.2) is 36.4 Å². The molecule has 3 rings (SSSR count). The molecule has 0 radical (unpaired) electrons. The summed E-state index contributed by atoms with van der Waals surface area (Å²) in [5, 5.41) is 0.427. The van der Waals surface area contributed by atoms with Crippen molar-refractivity contribution in [2.45, 2.75) is 6.54 Å². The van der Waals surface area contributed by atoms with Crippen molar-refractivity contribution < 1.29 is 18.7 Å². The van der Waals surface area contributed by atoms with E-state index in [0.29, 0.717) is 41.7 Å². The monoisotopic (exact) mass is 392 g/mol. The number of hydrogen-bond acceptors (Lipinski definition) is 4. The number of nitrogens with zero attached hydrogens (tertiary/aromatic N) is 2. The van der Waals surface area contributed by atoms with Crippen LogP contribution in [0, 0.1) is 5.82 Å². The lowest BCUT2D eigenvalue weighted by molar-refractivity contribution is 0.0625. The van der Waals surface area contributed by atoms with Gasteiger partial charge in [-0.2, -0.15) is 0 Å². The van der Waals surface area contributed by atoms with E-state index in [1.807, 2.05) is 4.90 Å². The van der Waals surface area contributed by atoms with E-state index < -0.39 is 0 Å². The van der Waals surface area contributed by atoms with E-state index in [-0.39, 0.29) is 11.7 Å². The molecule has 1 aliphatic rings. The highest BCUT2D eigenvalue weighted by Gasteiger charge is 2.25. The topological polar surface area (TPSA) is 42.0 Å². The molecule has 2 aromatic carbocycles. The predicted octanol–water partition coefficient (Wildman–Crippen LogP) is 3.45. The molecule has 0 spiro atoms. The van der Waals surface area contributed by atoms with Gasteiger partial charge in [0.2, 0.25) is 0 Å². The molecule has 27 heavy (non-hydrogen) atoms. The van der Waals surface area contributed by atoms with Crippen LogP contribution in [-0.4, -0.2) is 56.1 Å². The van der Waals surface area contributed by atoms with Crippen molar-refractivity contribution in [3.63, 3.8) is 0 Å². The zero-order chi connectivity index (χ0) is 19.4. The number of piperazine rings is 1. The normalized spacial score (nSPS) is 14.9. The Morgan fingerprint density at radius 1 is 1.07 bits per heavy atom. The van der Waals surface area contributed by atoms with Gasteiger partial charge in [0.05, 0.1) is 19.8 Å². The first-order valence-corrected chi connectivity index (χ1v) is 9.07. The van der Waals surface area contributed by atoms with Gasteiger partial charge in [-0.15, -0.1) is 0 Å². The van der Waals surface area contributed by atoms with Gasteiger partial charge in [-0.3, -0.25) is 9.69 Å². The number of hydrogen-bond donors (Lipinski definition) is 0. The molecule has 0 aliphatic carbocycles. The maximum atomic E-state index is 13.2. The minimum Gasteiger partial charge on any atom is -0.497 e. The molecule has 0 unspecified atom stereocenters. The van der Waals surface area contributed by atoms with E-state index in [9.17, 15) is 9.18 Å². The quantitative estimate of drug-likeness (QED) is 0.781. The average molecular weight is 393 g/mol. The van der Waals surface area contributed by atoms with Gasteiger partial charge in [-0.05, 0) is 29.8 Å². The van der Waals surface area contributed by atoms with Crippen LogP contribution < -0.4 is 9.47 Å². The Balaban J connectivity index is 1.62. The maximum absolute atomic E-state index is 13.2. The molecule has 1 heterocycles. The van der Waals surface area contributed by atoms with Gasteiger partial charge in [0.15, 0.2) is 0 Å². The fraction of sp³-hybridized carbons (Fsp3) is 0.350. The lowest BCUT2D eigenvalue weighted by atomic mass is 10.1. The summed E-state index contributed by atoms with van der Waals surface area (Å²) in [6, 6.07) is 9.63. The zero-order valence-electron chi connectivity index (χ0n) is 15.4. The summed E-state index contributed by atoms with van der Waals surface area (Å²) in [5.41, 5.74) is 1.41. The second-order valence-electron chi connectivity index (χ2n) is 6.37. The Hall–Kier alpha value is -2.31. The maximum Gasteiger partial charge on any atom is 0.257 e. The Morgan fingerprint density at radius 3 is 2.44 bits per heavy atom. The number of rotatable bonds is 5. The summed E-state index contributed by atoms with van der Waals surface area (Å²) >= 11 is 6.11. The van der Waals surface area contributed by atoms with Crippen molar-refractivity contribution in [1.82, 2.24) is 9.80 Å². The minimum absolute atomic E-state index is 0.0611. The summed E-state index contributed by atoms with van der Waals surface area (Å²) < 4.78 is 23.7. The third-order valence-corrected chi connectivity index (χ3v) is 5.06. The third kappa shape index (κ3) is 4.51. The largest absolute Gasteiger partial charge is 0.497 e. The molecule has 2 aromatic rings. The second kappa shape index (κ2) is 8.59. The number of benzene rings is 2. The lowest BCUT2D eigenvalue weighted by Crippen LogP contribution is -2.48. The fourth-order valence-corrected chi connectivity index (χ4v) is 3.37. The molecule has 1 amide bonds. The van der Waals surface area contributed by atoms with Gasteiger partial charge in [0, 0.05) is 43.8 Å². The molecule has 5 nitrogen and oxygen atoms in total. The molecule has 0 N–H and O–H groups in total. The number of methoxy groups -OCH3 is 2. The molecule has 7 heteroatoms. The molecule has 144 valence electrons. The molecule has 1 fully saturated rings. The Morgan fingerprint density at radius 2 is 1.81 bits per heavy atom. The summed E-state index contributed by atoms with van der Waals surface area (Å²) in [6.45, 7) is 3.28. The van der Waals surface area contributed by atoms with Gasteiger partial charge in [-0.1, -0.05) is 17.7 Å². The lowest BCUT2D eigenvalue weighted by Gasteiger charge is -2.35. The van der Waals surface area contributed by atoms with Crippen LogP contribution in [0.1, 0.15) is 15.9 Å². The molecular weight excluding hydrogens is 371 g/mol. The molecule has 1 saturated heterocycles. The van der Waals surface area contributed by atoms with Crippen LogP contribution >= 0.6 is 11.6 Å². The minimum atomic E-state index is -0.340. The predicted molar refractivity (Wildman–Crippen MR) is 102 cm³/mol. The van der Waals surface area contributed by atoms with Crippen LogP contribution in [-0.2, 0) is 6.54 Å². The summed E-state index contributed by atoms with van der Waals surface area (Å²) in [6.07, 6.45) is 0. The van der Waals surface area contributed by atoms with E-state index in [1.54, 1.807) is 31.4 Å². The van der Waals surface area contributed by atoms with E-state index in [2.05, 4.69) is 4.90 Å². The molecule has 1 aliphatic heterocycles. The van der Waals surface area contributed by atoms with E-state index in [1.165, 1.54) is 19.2 Å². The fourth-order valence-electron chi connectivity index (χ4n) is 3.15. The first-order valence-electron chi connectivity index (χ1n) is 8.69. The highest BCUT2D eigenvalue weighted by molar-refractivity contribution is 6.31.